The molecule has 0 spiro atoms. The number of aromatic nitrogens is 1. The van der Waals surface area contributed by atoms with E-state index in [1.807, 2.05) is 97.9 Å². The summed E-state index contributed by atoms with van der Waals surface area (Å²) in [6, 6.07) is 16.2. The molecule has 0 aliphatic carbocycles. The van der Waals surface area contributed by atoms with Crippen molar-refractivity contribution in [2.24, 2.45) is 5.92 Å². The van der Waals surface area contributed by atoms with Crippen molar-refractivity contribution < 1.29 is 33.3 Å². The molecule has 0 N–H and O–H groups in total. The maximum atomic E-state index is 13.0. The third kappa shape index (κ3) is 9.07. The van der Waals surface area contributed by atoms with Gasteiger partial charge >= 0.3 is 12.1 Å². The number of methoxy groups -OCH3 is 1. The summed E-state index contributed by atoms with van der Waals surface area (Å²) in [6.45, 7) is 18.3. The van der Waals surface area contributed by atoms with Gasteiger partial charge in [0.1, 0.15) is 35.1 Å². The topological polar surface area (TPSA) is 99.7 Å². The molecule has 1 amide bonds. The Hall–Kier alpha value is -4.31. The minimum atomic E-state index is -0.555. The van der Waals surface area contributed by atoms with Crippen molar-refractivity contribution in [3.8, 4) is 22.8 Å². The quantitative estimate of drug-likeness (QED) is 0.212. The minimum absolute atomic E-state index is 0.210. The molecule has 2 aromatic carbocycles. The van der Waals surface area contributed by atoms with Gasteiger partial charge in [0.2, 0.25) is 0 Å². The van der Waals surface area contributed by atoms with Gasteiger partial charge in [-0.2, -0.15) is 0 Å². The van der Waals surface area contributed by atoms with E-state index in [4.69, 9.17) is 28.7 Å². The van der Waals surface area contributed by atoms with Gasteiger partial charge in [0.25, 0.3) is 0 Å². The fourth-order valence-electron chi connectivity index (χ4n) is 6.55. The van der Waals surface area contributed by atoms with Crippen molar-refractivity contribution >= 4 is 17.9 Å². The van der Waals surface area contributed by atoms with Gasteiger partial charge in [0.15, 0.2) is 0 Å². The number of anilines is 1. The first-order chi connectivity index (χ1) is 23.7. The number of hydrogen-bond donors (Lipinski definition) is 0. The predicted octanol–water partition coefficient (Wildman–Crippen LogP) is 7.51. The Morgan fingerprint density at radius 3 is 2.40 bits per heavy atom. The molecular weight excluding hydrogens is 634 g/mol. The summed E-state index contributed by atoms with van der Waals surface area (Å²) in [4.78, 5) is 34.8. The molecule has 10 nitrogen and oxygen atoms in total. The standard InChI is InChI=1S/C40H53N3O7/c1-10-47-34-24-42(20-18-30(34)37(44)49-39(3,4)5)35-16-12-15-32(41-35)29-14-11-13-26(2)36(29)48-25-27-21-28-17-19-43(38(45)50-40(6,7)8)23-31(28)33(22-27)46-9/h11-16,21-22,30,34H,10,17-20,23-25H2,1-9H3/t30-,34+/m0/s1. The van der Waals surface area contributed by atoms with Gasteiger partial charge in [-0.3, -0.25) is 4.79 Å². The Morgan fingerprint density at radius 2 is 1.70 bits per heavy atom. The zero-order valence-electron chi connectivity index (χ0n) is 31.1. The van der Waals surface area contributed by atoms with Crippen LogP contribution in [0.4, 0.5) is 10.6 Å². The van der Waals surface area contributed by atoms with Crippen molar-refractivity contribution in [3.63, 3.8) is 0 Å². The highest BCUT2D eigenvalue weighted by atomic mass is 16.6. The normalized spacial score (nSPS) is 17.9. The number of pyridine rings is 1. The molecule has 3 heterocycles. The van der Waals surface area contributed by atoms with E-state index in [0.717, 1.165) is 50.8 Å². The maximum Gasteiger partial charge on any atom is 0.410 e. The lowest BCUT2D eigenvalue weighted by atomic mass is 9.93. The van der Waals surface area contributed by atoms with Crippen molar-refractivity contribution in [3.05, 3.63) is 70.8 Å². The number of carbonyl (C=O) groups is 2. The first kappa shape index (κ1) is 37.0. The highest BCUT2D eigenvalue weighted by molar-refractivity contribution is 5.74. The van der Waals surface area contributed by atoms with Crippen molar-refractivity contribution in [1.82, 2.24) is 9.88 Å². The van der Waals surface area contributed by atoms with Crippen LogP contribution in [0, 0.1) is 12.8 Å². The molecule has 2 aliphatic heterocycles. The number of ether oxygens (including phenoxy) is 5. The first-order valence-corrected chi connectivity index (χ1v) is 17.6. The number of para-hydroxylation sites is 1. The Kier molecular flexibility index (Phi) is 11.3. The fourth-order valence-corrected chi connectivity index (χ4v) is 6.55. The summed E-state index contributed by atoms with van der Waals surface area (Å²) in [5.41, 5.74) is 4.71. The van der Waals surface area contributed by atoms with Gasteiger partial charge in [0.05, 0.1) is 31.4 Å². The van der Waals surface area contributed by atoms with Crippen molar-refractivity contribution in [2.45, 2.75) is 98.7 Å². The third-order valence-electron chi connectivity index (χ3n) is 8.81. The Bertz CT molecular complexity index is 1660. The van der Waals surface area contributed by atoms with Crippen LogP contribution in [0.5, 0.6) is 11.5 Å². The number of amides is 1. The molecule has 3 aromatic rings. The summed E-state index contributed by atoms with van der Waals surface area (Å²) in [5.74, 6) is 1.78. The maximum absolute atomic E-state index is 13.0. The SMILES string of the molecule is CCO[C@@H]1CN(c2cccc(-c3cccc(C)c3OCc3cc4c(c(OC)c3)CN(C(=O)OC(C)(C)C)CC4)n2)CC[C@@H]1C(=O)OC(C)(C)C. The summed E-state index contributed by atoms with van der Waals surface area (Å²) >= 11 is 0. The first-order valence-electron chi connectivity index (χ1n) is 17.6. The van der Waals surface area contributed by atoms with E-state index < -0.39 is 11.2 Å². The second-order valence-corrected chi connectivity index (χ2v) is 15.1. The number of carbonyl (C=O) groups excluding carboxylic acids is 2. The molecule has 5 rings (SSSR count). The lowest BCUT2D eigenvalue weighted by molar-refractivity contribution is -0.166. The number of rotatable bonds is 9. The lowest BCUT2D eigenvalue weighted by Crippen LogP contribution is -2.49. The van der Waals surface area contributed by atoms with Gasteiger partial charge in [-0.15, -0.1) is 0 Å². The molecule has 2 aliphatic rings. The van der Waals surface area contributed by atoms with E-state index >= 15 is 0 Å². The molecule has 0 unspecified atom stereocenters. The molecule has 50 heavy (non-hydrogen) atoms. The van der Waals surface area contributed by atoms with Crippen LogP contribution in [0.25, 0.3) is 11.3 Å². The number of esters is 1. The molecule has 270 valence electrons. The molecule has 0 saturated carbocycles. The van der Waals surface area contributed by atoms with Crippen LogP contribution in [-0.2, 0) is 38.6 Å². The molecule has 1 fully saturated rings. The Morgan fingerprint density at radius 1 is 0.960 bits per heavy atom. The van der Waals surface area contributed by atoms with Crippen LogP contribution in [-0.4, -0.2) is 72.6 Å². The van der Waals surface area contributed by atoms with E-state index in [9.17, 15) is 9.59 Å². The molecule has 0 bridgehead atoms. The van der Waals surface area contributed by atoms with Crippen LogP contribution in [0.1, 0.15) is 77.1 Å². The van der Waals surface area contributed by atoms with Gasteiger partial charge in [-0.25, -0.2) is 9.78 Å². The van der Waals surface area contributed by atoms with Crippen molar-refractivity contribution in [1.29, 1.82) is 0 Å². The number of fused-ring (bicyclic) bond motifs is 1. The zero-order chi connectivity index (χ0) is 36.2. The van der Waals surface area contributed by atoms with Gasteiger partial charge in [-0.05, 0) is 109 Å². The summed E-state index contributed by atoms with van der Waals surface area (Å²) in [5, 5.41) is 0. The van der Waals surface area contributed by atoms with E-state index in [2.05, 4.69) is 11.0 Å². The van der Waals surface area contributed by atoms with Crippen LogP contribution >= 0.6 is 0 Å². The number of piperidine rings is 1. The molecule has 2 atom stereocenters. The molecule has 1 aromatic heterocycles. The second-order valence-electron chi connectivity index (χ2n) is 15.1. The van der Waals surface area contributed by atoms with E-state index in [-0.39, 0.29) is 24.1 Å². The third-order valence-corrected chi connectivity index (χ3v) is 8.81. The minimum Gasteiger partial charge on any atom is -0.496 e. The number of benzene rings is 2. The Balaban J connectivity index is 1.33. The van der Waals surface area contributed by atoms with E-state index in [1.54, 1.807) is 12.0 Å². The summed E-state index contributed by atoms with van der Waals surface area (Å²) in [6.07, 6.45) is 0.709. The lowest BCUT2D eigenvalue weighted by Gasteiger charge is -2.38. The van der Waals surface area contributed by atoms with Crippen LogP contribution in [0.2, 0.25) is 0 Å². The smallest absolute Gasteiger partial charge is 0.410 e. The van der Waals surface area contributed by atoms with Crippen molar-refractivity contribution in [2.75, 3.05) is 38.3 Å². The van der Waals surface area contributed by atoms with Crippen LogP contribution in [0.15, 0.2) is 48.5 Å². The number of aryl methyl sites for hydroxylation is 1. The average molecular weight is 688 g/mol. The van der Waals surface area contributed by atoms with Crippen LogP contribution in [0.3, 0.4) is 0 Å². The average Bonchev–Trinajstić information content (AvgIpc) is 3.05. The van der Waals surface area contributed by atoms with E-state index in [1.165, 1.54) is 0 Å². The highest BCUT2D eigenvalue weighted by Gasteiger charge is 2.38. The highest BCUT2D eigenvalue weighted by Crippen LogP contribution is 2.36. The monoisotopic (exact) mass is 687 g/mol. The zero-order valence-corrected chi connectivity index (χ0v) is 31.1. The summed E-state index contributed by atoms with van der Waals surface area (Å²) in [7, 11) is 1.65. The molecular formula is C40H53N3O7. The molecule has 1 saturated heterocycles. The van der Waals surface area contributed by atoms with Gasteiger partial charge < -0.3 is 33.5 Å². The summed E-state index contributed by atoms with van der Waals surface area (Å²) < 4.78 is 29.8. The number of nitrogens with zero attached hydrogens (tertiary/aromatic N) is 3. The fraction of sp³-hybridized carbons (Fsp3) is 0.525. The largest absolute Gasteiger partial charge is 0.496 e. The predicted molar refractivity (Wildman–Crippen MR) is 194 cm³/mol. The molecule has 10 heteroatoms. The Labute approximate surface area is 297 Å². The van der Waals surface area contributed by atoms with Crippen LogP contribution < -0.4 is 14.4 Å². The second kappa shape index (κ2) is 15.3. The van der Waals surface area contributed by atoms with Gasteiger partial charge in [0, 0.05) is 37.4 Å². The molecule has 0 radical (unpaired) electrons. The number of hydrogen-bond acceptors (Lipinski definition) is 9. The van der Waals surface area contributed by atoms with E-state index in [0.29, 0.717) is 52.2 Å². The van der Waals surface area contributed by atoms with Gasteiger partial charge in [-0.1, -0.05) is 24.3 Å².